The van der Waals surface area contributed by atoms with E-state index in [0.29, 0.717) is 17.8 Å². The Hall–Kier alpha value is -0.820. The summed E-state index contributed by atoms with van der Waals surface area (Å²) in [6, 6.07) is 0. The van der Waals surface area contributed by atoms with Crippen LogP contribution >= 0.6 is 0 Å². The molecular formula is C20H34O. The first kappa shape index (κ1) is 18.2. The lowest BCUT2D eigenvalue weighted by Crippen LogP contribution is -2.19. The molecule has 0 aromatic rings. The molecule has 0 saturated heterocycles. The molecule has 120 valence electrons. The molecule has 0 heterocycles. The SMILES string of the molecule is CC1=C/C/C=C(\C)CC[C@H](O)[C@H](C)CC[C@@H](C(C)C)\C=C\1. The molecule has 0 bridgehead atoms. The molecule has 0 spiro atoms. The molecule has 0 unspecified atom stereocenters. The second kappa shape index (κ2) is 9.25. The summed E-state index contributed by atoms with van der Waals surface area (Å²) in [5.74, 6) is 1.67. The van der Waals surface area contributed by atoms with Gasteiger partial charge in [0.05, 0.1) is 6.10 Å². The van der Waals surface area contributed by atoms with Crippen molar-refractivity contribution in [3.63, 3.8) is 0 Å². The average Bonchev–Trinajstić information content (AvgIpc) is 2.43. The first-order valence-corrected chi connectivity index (χ1v) is 8.58. The van der Waals surface area contributed by atoms with Gasteiger partial charge in [-0.1, -0.05) is 56.2 Å². The Kier molecular flexibility index (Phi) is 8.03. The smallest absolute Gasteiger partial charge is 0.0568 e. The second-order valence-electron chi connectivity index (χ2n) is 7.16. The topological polar surface area (TPSA) is 20.2 Å². The summed E-state index contributed by atoms with van der Waals surface area (Å²) >= 11 is 0. The van der Waals surface area contributed by atoms with Gasteiger partial charge in [0.15, 0.2) is 0 Å². The predicted octanol–water partition coefficient (Wildman–Crippen LogP) is 5.67. The molecule has 1 aliphatic rings. The molecule has 1 N–H and O–H groups in total. The van der Waals surface area contributed by atoms with E-state index in [1.807, 2.05) is 0 Å². The summed E-state index contributed by atoms with van der Waals surface area (Å²) < 4.78 is 0. The maximum Gasteiger partial charge on any atom is 0.0568 e. The van der Waals surface area contributed by atoms with E-state index < -0.39 is 0 Å². The molecule has 1 heteroatoms. The summed E-state index contributed by atoms with van der Waals surface area (Å²) in [7, 11) is 0. The molecule has 21 heavy (non-hydrogen) atoms. The Balaban J connectivity index is 2.85. The molecular weight excluding hydrogens is 256 g/mol. The van der Waals surface area contributed by atoms with Gasteiger partial charge in [0, 0.05) is 0 Å². The van der Waals surface area contributed by atoms with Gasteiger partial charge in [-0.05, 0) is 63.7 Å². The lowest BCUT2D eigenvalue weighted by molar-refractivity contribution is 0.0992. The Bertz CT molecular complexity index is 387. The molecule has 0 aliphatic heterocycles. The zero-order valence-electron chi connectivity index (χ0n) is 14.6. The van der Waals surface area contributed by atoms with Crippen molar-refractivity contribution in [1.29, 1.82) is 0 Å². The third-order valence-corrected chi connectivity index (χ3v) is 4.82. The van der Waals surface area contributed by atoms with Crippen molar-refractivity contribution >= 4 is 0 Å². The van der Waals surface area contributed by atoms with Gasteiger partial charge >= 0.3 is 0 Å². The van der Waals surface area contributed by atoms with E-state index in [0.717, 1.165) is 25.7 Å². The standard InChI is InChI=1S/C20H34O/c1-15(2)19-12-9-16(3)7-6-8-17(4)10-14-20(21)18(5)11-13-19/h7-9,12,15,18-21H,6,10-11,13-14H2,1-5H3/b12-9+,16-7-,17-8+/t18-,19+,20+/m1/s1. The monoisotopic (exact) mass is 290 g/mol. The van der Waals surface area contributed by atoms with Crippen molar-refractivity contribution in [3.8, 4) is 0 Å². The normalized spacial score (nSPS) is 36.2. The van der Waals surface area contributed by atoms with E-state index in [2.05, 4.69) is 58.9 Å². The number of hydrogen-bond acceptors (Lipinski definition) is 1. The highest BCUT2D eigenvalue weighted by molar-refractivity contribution is 5.18. The van der Waals surface area contributed by atoms with Crippen LogP contribution < -0.4 is 0 Å². The largest absolute Gasteiger partial charge is 0.393 e. The molecule has 1 aliphatic carbocycles. The van der Waals surface area contributed by atoms with Crippen LogP contribution in [0.4, 0.5) is 0 Å². The maximum atomic E-state index is 10.3. The van der Waals surface area contributed by atoms with Gasteiger partial charge in [-0.25, -0.2) is 0 Å². The van der Waals surface area contributed by atoms with Gasteiger partial charge in [-0.15, -0.1) is 0 Å². The minimum atomic E-state index is -0.162. The van der Waals surface area contributed by atoms with Crippen LogP contribution in [0.2, 0.25) is 0 Å². The summed E-state index contributed by atoms with van der Waals surface area (Å²) in [5, 5.41) is 10.3. The van der Waals surface area contributed by atoms with Gasteiger partial charge in [0.25, 0.3) is 0 Å². The van der Waals surface area contributed by atoms with E-state index in [9.17, 15) is 5.11 Å². The van der Waals surface area contributed by atoms with Crippen LogP contribution in [-0.4, -0.2) is 11.2 Å². The molecule has 0 aromatic heterocycles. The first-order valence-electron chi connectivity index (χ1n) is 8.58. The van der Waals surface area contributed by atoms with Crippen LogP contribution in [0.1, 0.15) is 66.7 Å². The average molecular weight is 290 g/mol. The van der Waals surface area contributed by atoms with E-state index in [1.165, 1.54) is 17.6 Å². The van der Waals surface area contributed by atoms with Crippen molar-refractivity contribution in [2.45, 2.75) is 72.8 Å². The third kappa shape index (κ3) is 7.13. The summed E-state index contributed by atoms with van der Waals surface area (Å²) in [4.78, 5) is 0. The Morgan fingerprint density at radius 3 is 2.48 bits per heavy atom. The van der Waals surface area contributed by atoms with Crippen LogP contribution in [0.5, 0.6) is 0 Å². The lowest BCUT2D eigenvalue weighted by atomic mass is 9.85. The Labute approximate surface area is 131 Å². The predicted molar refractivity (Wildman–Crippen MR) is 93.2 cm³/mol. The zero-order valence-corrected chi connectivity index (χ0v) is 14.6. The fourth-order valence-electron chi connectivity index (χ4n) is 2.85. The highest BCUT2D eigenvalue weighted by atomic mass is 16.3. The van der Waals surface area contributed by atoms with Gasteiger partial charge < -0.3 is 5.11 Å². The second-order valence-corrected chi connectivity index (χ2v) is 7.16. The quantitative estimate of drug-likeness (QED) is 0.617. The minimum absolute atomic E-state index is 0.162. The van der Waals surface area contributed by atoms with Crippen LogP contribution in [0.25, 0.3) is 0 Å². The first-order chi connectivity index (χ1) is 9.90. The molecule has 0 radical (unpaired) electrons. The third-order valence-electron chi connectivity index (χ3n) is 4.82. The van der Waals surface area contributed by atoms with E-state index in [-0.39, 0.29) is 6.10 Å². The molecule has 3 atom stereocenters. The van der Waals surface area contributed by atoms with Crippen LogP contribution in [0, 0.1) is 17.8 Å². The zero-order chi connectivity index (χ0) is 15.8. The Morgan fingerprint density at radius 2 is 1.81 bits per heavy atom. The minimum Gasteiger partial charge on any atom is -0.393 e. The fourth-order valence-corrected chi connectivity index (χ4v) is 2.85. The van der Waals surface area contributed by atoms with Crippen LogP contribution in [0.3, 0.4) is 0 Å². The maximum absolute atomic E-state index is 10.3. The highest BCUT2D eigenvalue weighted by Gasteiger charge is 2.17. The van der Waals surface area contributed by atoms with Crippen molar-refractivity contribution in [2.75, 3.05) is 0 Å². The number of rotatable bonds is 1. The summed E-state index contributed by atoms with van der Waals surface area (Å²) in [5.41, 5.74) is 2.75. The molecule has 1 nitrogen and oxygen atoms in total. The molecule has 0 amide bonds. The molecule has 1 rings (SSSR count). The highest BCUT2D eigenvalue weighted by Crippen LogP contribution is 2.25. The van der Waals surface area contributed by atoms with Gasteiger partial charge in [0.2, 0.25) is 0 Å². The van der Waals surface area contributed by atoms with E-state index in [1.54, 1.807) is 0 Å². The van der Waals surface area contributed by atoms with Gasteiger partial charge in [-0.2, -0.15) is 0 Å². The molecule has 0 fully saturated rings. The number of allylic oxidation sites excluding steroid dienone is 6. The van der Waals surface area contributed by atoms with Crippen LogP contribution in [0.15, 0.2) is 35.5 Å². The number of hydrogen-bond donors (Lipinski definition) is 1. The van der Waals surface area contributed by atoms with Crippen molar-refractivity contribution in [1.82, 2.24) is 0 Å². The number of aliphatic hydroxyl groups is 1. The number of aliphatic hydroxyl groups excluding tert-OH is 1. The van der Waals surface area contributed by atoms with Gasteiger partial charge in [0.1, 0.15) is 0 Å². The van der Waals surface area contributed by atoms with E-state index >= 15 is 0 Å². The fraction of sp³-hybridized carbons (Fsp3) is 0.700. The lowest BCUT2D eigenvalue weighted by Gasteiger charge is -2.23. The van der Waals surface area contributed by atoms with Crippen molar-refractivity contribution in [3.05, 3.63) is 35.5 Å². The van der Waals surface area contributed by atoms with Crippen molar-refractivity contribution in [2.24, 2.45) is 17.8 Å². The van der Waals surface area contributed by atoms with Crippen molar-refractivity contribution < 1.29 is 5.11 Å². The molecule has 0 aromatic carbocycles. The Morgan fingerprint density at radius 1 is 1.10 bits per heavy atom. The molecule has 0 saturated carbocycles. The summed E-state index contributed by atoms with van der Waals surface area (Å²) in [6.07, 6.45) is 14.3. The van der Waals surface area contributed by atoms with Crippen LogP contribution in [-0.2, 0) is 0 Å². The van der Waals surface area contributed by atoms with E-state index in [4.69, 9.17) is 0 Å². The van der Waals surface area contributed by atoms with Gasteiger partial charge in [-0.3, -0.25) is 0 Å². The summed E-state index contributed by atoms with van der Waals surface area (Å²) in [6.45, 7) is 11.2.